The Bertz CT molecular complexity index is 1070. The average Bonchev–Trinajstić information content (AvgIpc) is 2.77. The molecule has 0 unspecified atom stereocenters. The molecular weight excluding hydrogens is 444 g/mol. The molecule has 0 aliphatic carbocycles. The summed E-state index contributed by atoms with van der Waals surface area (Å²) in [6.07, 6.45) is 0. The normalized spacial score (nSPS) is 19.5. The second kappa shape index (κ2) is 6.67. The van der Waals surface area contributed by atoms with E-state index in [0.29, 0.717) is 10.2 Å². The zero-order chi connectivity index (χ0) is 19.1. The fraction of sp³-hybridized carbons (Fsp3) is 0.188. The van der Waals surface area contributed by atoms with E-state index in [1.165, 1.54) is 24.3 Å². The van der Waals surface area contributed by atoms with Crippen molar-refractivity contribution in [1.29, 1.82) is 0 Å². The van der Waals surface area contributed by atoms with Gasteiger partial charge in [-0.1, -0.05) is 19.1 Å². The lowest BCUT2D eigenvalue weighted by molar-refractivity contribution is -0.119. The van der Waals surface area contributed by atoms with E-state index in [1.807, 2.05) is 0 Å². The van der Waals surface area contributed by atoms with Crippen LogP contribution in [-0.4, -0.2) is 28.5 Å². The number of carbonyl (C=O) groups excluding carboxylic acids is 1. The van der Waals surface area contributed by atoms with Gasteiger partial charge in [0.2, 0.25) is 15.9 Å². The molecule has 1 saturated heterocycles. The first kappa shape index (κ1) is 18.9. The van der Waals surface area contributed by atoms with Crippen molar-refractivity contribution in [2.24, 2.45) is 5.92 Å². The molecule has 2 aromatic rings. The number of nitrogens with one attached hydrogen (secondary N) is 1. The summed E-state index contributed by atoms with van der Waals surface area (Å²) < 4.78 is 53.0. The molecule has 138 valence electrons. The van der Waals surface area contributed by atoms with Gasteiger partial charge in [-0.2, -0.15) is 0 Å². The molecule has 1 heterocycles. The predicted molar refractivity (Wildman–Crippen MR) is 102 cm³/mol. The number of nitrogens with zero attached hydrogens (tertiary/aromatic N) is 1. The van der Waals surface area contributed by atoms with Crippen LogP contribution in [0, 0.1) is 5.92 Å². The Kier molecular flexibility index (Phi) is 4.84. The zero-order valence-electron chi connectivity index (χ0n) is 13.6. The maximum absolute atomic E-state index is 12.5. The van der Waals surface area contributed by atoms with Crippen LogP contribution in [0.1, 0.15) is 6.92 Å². The van der Waals surface area contributed by atoms with Crippen LogP contribution >= 0.6 is 15.9 Å². The first-order valence-electron chi connectivity index (χ1n) is 7.56. The highest BCUT2D eigenvalue weighted by Gasteiger charge is 2.41. The van der Waals surface area contributed by atoms with Crippen molar-refractivity contribution in [2.75, 3.05) is 14.8 Å². The van der Waals surface area contributed by atoms with Crippen LogP contribution in [0.3, 0.4) is 0 Å². The first-order chi connectivity index (χ1) is 12.1. The fourth-order valence-corrected chi connectivity index (χ4v) is 6.01. The second-order valence-corrected chi connectivity index (χ2v) is 10.3. The number of sulfonamides is 2. The number of amides is 1. The van der Waals surface area contributed by atoms with Crippen molar-refractivity contribution in [2.45, 2.75) is 11.8 Å². The Morgan fingerprint density at radius 2 is 1.73 bits per heavy atom. The Balaban J connectivity index is 1.90. The van der Waals surface area contributed by atoms with Gasteiger partial charge in [0.05, 0.1) is 27.9 Å². The number of para-hydroxylation sites is 1. The third kappa shape index (κ3) is 3.49. The van der Waals surface area contributed by atoms with E-state index in [9.17, 15) is 21.6 Å². The van der Waals surface area contributed by atoms with Crippen molar-refractivity contribution in [3.63, 3.8) is 0 Å². The van der Waals surface area contributed by atoms with Gasteiger partial charge in [0.25, 0.3) is 10.0 Å². The molecule has 3 rings (SSSR count). The number of carbonyl (C=O) groups is 1. The third-order valence-electron chi connectivity index (χ3n) is 3.86. The summed E-state index contributed by atoms with van der Waals surface area (Å²) in [5.41, 5.74) is 0.502. The summed E-state index contributed by atoms with van der Waals surface area (Å²) in [4.78, 5) is 12.0. The largest absolute Gasteiger partial charge is 0.278 e. The van der Waals surface area contributed by atoms with Gasteiger partial charge < -0.3 is 0 Å². The molecule has 1 aliphatic rings. The van der Waals surface area contributed by atoms with E-state index < -0.39 is 31.9 Å². The number of rotatable bonds is 4. The minimum absolute atomic E-state index is 0.0471. The summed E-state index contributed by atoms with van der Waals surface area (Å²) in [5, 5.41) is 0. The SMILES string of the molecule is C[C@H]1CS(=O)(=O)N(c2ccc(S(=O)(=O)Nc3ccccc3Br)cc2)C1=O. The fourth-order valence-electron chi connectivity index (χ4n) is 2.60. The molecule has 0 bridgehead atoms. The molecule has 1 amide bonds. The Hall–Kier alpha value is -1.91. The van der Waals surface area contributed by atoms with Gasteiger partial charge >= 0.3 is 0 Å². The van der Waals surface area contributed by atoms with Gasteiger partial charge in [0.15, 0.2) is 0 Å². The number of hydrogen-bond acceptors (Lipinski definition) is 5. The van der Waals surface area contributed by atoms with Gasteiger partial charge in [-0.3, -0.25) is 9.52 Å². The molecule has 1 aliphatic heterocycles. The van der Waals surface area contributed by atoms with Crippen molar-refractivity contribution >= 4 is 53.3 Å². The Morgan fingerprint density at radius 3 is 2.27 bits per heavy atom. The lowest BCUT2D eigenvalue weighted by Gasteiger charge is -2.16. The van der Waals surface area contributed by atoms with Crippen LogP contribution in [0.2, 0.25) is 0 Å². The molecule has 1 atom stereocenters. The van der Waals surface area contributed by atoms with E-state index in [2.05, 4.69) is 20.7 Å². The highest BCUT2D eigenvalue weighted by atomic mass is 79.9. The standard InChI is InChI=1S/C16H15BrN2O5S2/c1-11-10-25(21,22)19(16(11)20)12-6-8-13(9-7-12)26(23,24)18-15-5-3-2-4-14(15)17/h2-9,11,18H,10H2,1H3/t11-/m0/s1. The van der Waals surface area contributed by atoms with E-state index in [4.69, 9.17) is 0 Å². The quantitative estimate of drug-likeness (QED) is 0.758. The van der Waals surface area contributed by atoms with Crippen molar-refractivity contribution in [3.05, 3.63) is 53.0 Å². The maximum atomic E-state index is 12.5. The molecular formula is C16H15BrN2O5S2. The monoisotopic (exact) mass is 458 g/mol. The molecule has 1 N–H and O–H groups in total. The molecule has 7 nitrogen and oxygen atoms in total. The first-order valence-corrected chi connectivity index (χ1v) is 11.4. The van der Waals surface area contributed by atoms with Crippen LogP contribution < -0.4 is 9.03 Å². The summed E-state index contributed by atoms with van der Waals surface area (Å²) in [6, 6.07) is 11.9. The molecule has 1 fully saturated rings. The molecule has 10 heteroatoms. The topological polar surface area (TPSA) is 101 Å². The van der Waals surface area contributed by atoms with Gasteiger partial charge in [0.1, 0.15) is 0 Å². The third-order valence-corrected chi connectivity index (χ3v) is 7.80. The van der Waals surface area contributed by atoms with Gasteiger partial charge in [-0.25, -0.2) is 21.1 Å². The van der Waals surface area contributed by atoms with Gasteiger partial charge in [-0.15, -0.1) is 0 Å². The maximum Gasteiger partial charge on any atom is 0.261 e. The van der Waals surface area contributed by atoms with Crippen LogP contribution in [0.5, 0.6) is 0 Å². The van der Waals surface area contributed by atoms with Gasteiger partial charge in [-0.05, 0) is 52.3 Å². The van der Waals surface area contributed by atoms with E-state index in [1.54, 1.807) is 31.2 Å². The minimum Gasteiger partial charge on any atom is -0.278 e. The Morgan fingerprint density at radius 1 is 1.12 bits per heavy atom. The summed E-state index contributed by atoms with van der Waals surface area (Å²) >= 11 is 3.26. The van der Waals surface area contributed by atoms with Crippen molar-refractivity contribution in [1.82, 2.24) is 0 Å². The Labute approximate surface area is 160 Å². The van der Waals surface area contributed by atoms with Crippen molar-refractivity contribution < 1.29 is 21.6 Å². The average molecular weight is 459 g/mol. The van der Waals surface area contributed by atoms with Crippen LogP contribution in [0.15, 0.2) is 57.9 Å². The lowest BCUT2D eigenvalue weighted by Crippen LogP contribution is -2.30. The lowest BCUT2D eigenvalue weighted by atomic mass is 10.2. The number of hydrogen-bond donors (Lipinski definition) is 1. The van der Waals surface area contributed by atoms with Crippen LogP contribution in [-0.2, 0) is 24.8 Å². The number of benzene rings is 2. The summed E-state index contributed by atoms with van der Waals surface area (Å²) in [5.74, 6) is -1.40. The van der Waals surface area contributed by atoms with E-state index in [0.717, 1.165) is 4.31 Å². The highest BCUT2D eigenvalue weighted by Crippen LogP contribution is 2.30. The zero-order valence-corrected chi connectivity index (χ0v) is 16.8. The number of anilines is 2. The van der Waals surface area contributed by atoms with Crippen molar-refractivity contribution in [3.8, 4) is 0 Å². The van der Waals surface area contributed by atoms with Crippen LogP contribution in [0.25, 0.3) is 0 Å². The summed E-state index contributed by atoms with van der Waals surface area (Å²) in [7, 11) is -7.59. The molecule has 2 aromatic carbocycles. The van der Waals surface area contributed by atoms with Gasteiger partial charge in [0, 0.05) is 4.47 Å². The molecule has 0 spiro atoms. The summed E-state index contributed by atoms with van der Waals surface area (Å²) in [6.45, 7) is 1.54. The molecule has 0 saturated carbocycles. The molecule has 0 radical (unpaired) electrons. The highest BCUT2D eigenvalue weighted by molar-refractivity contribution is 9.10. The second-order valence-electron chi connectivity index (χ2n) is 5.86. The van der Waals surface area contributed by atoms with E-state index in [-0.39, 0.29) is 16.3 Å². The minimum atomic E-state index is -3.86. The van der Waals surface area contributed by atoms with Crippen LogP contribution in [0.4, 0.5) is 11.4 Å². The smallest absolute Gasteiger partial charge is 0.261 e. The molecule has 0 aromatic heterocycles. The molecule has 26 heavy (non-hydrogen) atoms. The van der Waals surface area contributed by atoms with E-state index >= 15 is 0 Å². The predicted octanol–water partition coefficient (Wildman–Crippen LogP) is 2.56. The number of halogens is 1.